The van der Waals surface area contributed by atoms with E-state index in [0.29, 0.717) is 24.6 Å². The van der Waals surface area contributed by atoms with Crippen LogP contribution >= 0.6 is 0 Å². The number of ether oxygens (including phenoxy) is 1. The van der Waals surface area contributed by atoms with E-state index in [2.05, 4.69) is 19.2 Å². The molecule has 0 aromatic heterocycles. The van der Waals surface area contributed by atoms with Crippen LogP contribution in [0.5, 0.6) is 5.75 Å². The van der Waals surface area contributed by atoms with Crippen molar-refractivity contribution in [3.63, 3.8) is 0 Å². The van der Waals surface area contributed by atoms with Crippen LogP contribution in [0.2, 0.25) is 0 Å². The van der Waals surface area contributed by atoms with Gasteiger partial charge in [-0.2, -0.15) is 0 Å². The molecule has 0 fully saturated rings. The van der Waals surface area contributed by atoms with Gasteiger partial charge in [0.1, 0.15) is 12.4 Å². The third kappa shape index (κ3) is 6.91. The number of carboxylic acids is 1. The van der Waals surface area contributed by atoms with Crippen molar-refractivity contribution in [3.8, 4) is 16.9 Å². The van der Waals surface area contributed by atoms with Gasteiger partial charge in [0.2, 0.25) is 0 Å². The highest BCUT2D eigenvalue weighted by molar-refractivity contribution is 5.90. The van der Waals surface area contributed by atoms with Crippen molar-refractivity contribution in [2.45, 2.75) is 39.3 Å². The van der Waals surface area contributed by atoms with E-state index in [1.807, 2.05) is 73.7 Å². The van der Waals surface area contributed by atoms with Crippen molar-refractivity contribution in [1.29, 1.82) is 0 Å². The van der Waals surface area contributed by atoms with E-state index in [0.717, 1.165) is 34.4 Å². The first kappa shape index (κ1) is 24.5. The molecule has 174 valence electrons. The monoisotopic (exact) mass is 447 g/mol. The lowest BCUT2D eigenvalue weighted by Crippen LogP contribution is -2.35. The van der Waals surface area contributed by atoms with Crippen LogP contribution in [0.15, 0.2) is 72.8 Å². The van der Waals surface area contributed by atoms with Crippen molar-refractivity contribution < 1.29 is 19.7 Å². The Morgan fingerprint density at radius 2 is 1.61 bits per heavy atom. The minimum atomic E-state index is -0.889. The largest absolute Gasteiger partial charge is 0.492 e. The first-order valence-corrected chi connectivity index (χ1v) is 11.4. The van der Waals surface area contributed by atoms with E-state index in [1.165, 1.54) is 0 Å². The first-order valence-electron chi connectivity index (χ1n) is 11.4. The molecule has 0 heterocycles. The second-order valence-corrected chi connectivity index (χ2v) is 8.75. The van der Waals surface area contributed by atoms with Gasteiger partial charge in [-0.25, -0.2) is 4.79 Å². The molecule has 3 rings (SSSR count). The molecule has 3 aromatic carbocycles. The molecule has 5 heteroatoms. The van der Waals surface area contributed by atoms with Crippen LogP contribution in [-0.2, 0) is 6.42 Å². The summed E-state index contributed by atoms with van der Waals surface area (Å²) in [6, 6.07) is 22.9. The molecule has 0 bridgehead atoms. The topological polar surface area (TPSA) is 78.8 Å². The smallest absolute Gasteiger partial charge is 0.335 e. The molecule has 3 N–H and O–H groups in total. The van der Waals surface area contributed by atoms with Gasteiger partial charge in [0.05, 0.1) is 11.7 Å². The number of aliphatic hydroxyl groups excluding tert-OH is 1. The Labute approximate surface area is 196 Å². The van der Waals surface area contributed by atoms with Crippen molar-refractivity contribution >= 4 is 5.97 Å². The first-order chi connectivity index (χ1) is 15.8. The third-order valence-corrected chi connectivity index (χ3v) is 5.60. The molecule has 0 unspecified atom stereocenters. The highest BCUT2D eigenvalue weighted by atomic mass is 16.5. The summed E-state index contributed by atoms with van der Waals surface area (Å²) in [5.41, 5.74) is 4.12. The highest BCUT2D eigenvalue weighted by Crippen LogP contribution is 2.26. The number of hydrogen-bond acceptors (Lipinski definition) is 4. The summed E-state index contributed by atoms with van der Waals surface area (Å²) in [6.07, 6.45) is 0.153. The number of nitrogens with one attached hydrogen (secondary N) is 1. The molecule has 0 aliphatic rings. The summed E-state index contributed by atoms with van der Waals surface area (Å²) in [6.45, 7) is 7.22. The average Bonchev–Trinajstić information content (AvgIpc) is 2.81. The van der Waals surface area contributed by atoms with E-state index < -0.39 is 12.1 Å². The summed E-state index contributed by atoms with van der Waals surface area (Å²) < 4.78 is 5.84. The summed E-state index contributed by atoms with van der Waals surface area (Å²) in [5.74, 6) is 0.251. The van der Waals surface area contributed by atoms with E-state index in [-0.39, 0.29) is 6.04 Å². The predicted molar refractivity (Wildman–Crippen MR) is 132 cm³/mol. The number of rotatable bonds is 11. The van der Waals surface area contributed by atoms with Gasteiger partial charge in [-0.3, -0.25) is 0 Å². The Morgan fingerprint density at radius 3 is 2.24 bits per heavy atom. The van der Waals surface area contributed by atoms with Gasteiger partial charge in [-0.05, 0) is 59.7 Å². The molecule has 0 saturated heterocycles. The molecule has 0 aliphatic carbocycles. The second kappa shape index (κ2) is 11.6. The van der Waals surface area contributed by atoms with E-state index in [4.69, 9.17) is 4.74 Å². The summed E-state index contributed by atoms with van der Waals surface area (Å²) in [5, 5.41) is 23.2. The van der Waals surface area contributed by atoms with Crippen LogP contribution in [0.25, 0.3) is 11.1 Å². The van der Waals surface area contributed by atoms with Gasteiger partial charge < -0.3 is 20.3 Å². The third-order valence-electron chi connectivity index (χ3n) is 5.60. The number of benzene rings is 3. The van der Waals surface area contributed by atoms with Crippen molar-refractivity contribution in [2.24, 2.45) is 5.92 Å². The fourth-order valence-electron chi connectivity index (χ4n) is 3.84. The van der Waals surface area contributed by atoms with Crippen LogP contribution in [-0.4, -0.2) is 35.4 Å². The highest BCUT2D eigenvalue weighted by Gasteiger charge is 2.15. The summed E-state index contributed by atoms with van der Waals surface area (Å²) >= 11 is 0. The van der Waals surface area contributed by atoms with Crippen LogP contribution in [0.3, 0.4) is 0 Å². The van der Waals surface area contributed by atoms with Crippen LogP contribution < -0.4 is 10.1 Å². The number of aliphatic hydroxyl groups is 1. The van der Waals surface area contributed by atoms with E-state index in [1.54, 1.807) is 6.07 Å². The normalized spacial score (nSPS) is 13.0. The van der Waals surface area contributed by atoms with Crippen molar-refractivity contribution in [2.75, 3.05) is 13.2 Å². The number of carbonyl (C=O) groups is 1. The maximum atomic E-state index is 11.5. The Hall–Kier alpha value is -3.15. The van der Waals surface area contributed by atoms with Gasteiger partial charge in [0.15, 0.2) is 0 Å². The Bertz CT molecular complexity index is 1030. The van der Waals surface area contributed by atoms with Crippen LogP contribution in [0, 0.1) is 5.92 Å². The minimum Gasteiger partial charge on any atom is -0.492 e. The Balaban J connectivity index is 1.54. The molecular weight excluding hydrogens is 414 g/mol. The van der Waals surface area contributed by atoms with Gasteiger partial charge in [-0.15, -0.1) is 0 Å². The molecule has 5 nitrogen and oxygen atoms in total. The summed E-state index contributed by atoms with van der Waals surface area (Å²) in [4.78, 5) is 11.5. The van der Waals surface area contributed by atoms with Gasteiger partial charge in [-0.1, -0.05) is 68.4 Å². The zero-order chi connectivity index (χ0) is 23.8. The van der Waals surface area contributed by atoms with E-state index >= 15 is 0 Å². The lowest BCUT2D eigenvalue weighted by Gasteiger charge is -2.20. The zero-order valence-electron chi connectivity index (χ0n) is 19.5. The fourth-order valence-corrected chi connectivity index (χ4v) is 3.84. The fraction of sp³-hybridized carbons (Fsp3) is 0.321. The zero-order valence-corrected chi connectivity index (χ0v) is 19.5. The van der Waals surface area contributed by atoms with Crippen LogP contribution in [0.4, 0.5) is 0 Å². The van der Waals surface area contributed by atoms with Crippen molar-refractivity contribution in [1.82, 2.24) is 5.32 Å². The standard InChI is InChI=1S/C28H33NO4/c1-19(2)17-24-18-23(11-14-26(24)28(31)32)21-9-12-25(13-10-21)33-16-15-29-20(3)27(30)22-7-5-4-6-8-22/h4-14,18-20,27,29-30H,15-17H2,1-3H3,(H,31,32)/t20-,27+/m0/s1. The lowest BCUT2D eigenvalue weighted by molar-refractivity contribution is 0.0695. The molecule has 33 heavy (non-hydrogen) atoms. The minimum absolute atomic E-state index is 0.0906. The number of aromatic carboxylic acids is 1. The lowest BCUT2D eigenvalue weighted by atomic mass is 9.93. The maximum absolute atomic E-state index is 11.5. The molecule has 0 saturated carbocycles. The Kier molecular flexibility index (Phi) is 8.64. The summed E-state index contributed by atoms with van der Waals surface area (Å²) in [7, 11) is 0. The predicted octanol–water partition coefficient (Wildman–Crippen LogP) is 5.34. The van der Waals surface area contributed by atoms with Crippen LogP contribution in [0.1, 0.15) is 48.4 Å². The molecule has 0 spiro atoms. The molecular formula is C28H33NO4. The molecule has 0 aliphatic heterocycles. The molecule has 0 amide bonds. The average molecular weight is 448 g/mol. The molecule has 3 aromatic rings. The SMILES string of the molecule is CC(C)Cc1cc(-c2ccc(OCCN[C@@H](C)[C@@H](O)c3ccccc3)cc2)ccc1C(=O)O. The molecule has 0 radical (unpaired) electrons. The maximum Gasteiger partial charge on any atom is 0.335 e. The quantitative estimate of drug-likeness (QED) is 0.346. The number of hydrogen-bond donors (Lipinski definition) is 3. The van der Waals surface area contributed by atoms with Gasteiger partial charge in [0, 0.05) is 12.6 Å². The second-order valence-electron chi connectivity index (χ2n) is 8.75. The van der Waals surface area contributed by atoms with Crippen molar-refractivity contribution in [3.05, 3.63) is 89.5 Å². The van der Waals surface area contributed by atoms with Gasteiger partial charge in [0.25, 0.3) is 0 Å². The van der Waals surface area contributed by atoms with Gasteiger partial charge >= 0.3 is 5.97 Å². The Morgan fingerprint density at radius 1 is 0.939 bits per heavy atom. The number of carboxylic acid groups (broad SMARTS) is 1. The van der Waals surface area contributed by atoms with E-state index in [9.17, 15) is 15.0 Å². The molecule has 2 atom stereocenters.